The first-order valence-electron chi connectivity index (χ1n) is 12.0. The third kappa shape index (κ3) is 5.18. The summed E-state index contributed by atoms with van der Waals surface area (Å²) in [5, 5.41) is 7.85. The summed E-state index contributed by atoms with van der Waals surface area (Å²) in [6, 6.07) is 22.4. The number of esters is 1. The van der Waals surface area contributed by atoms with Crippen LogP contribution in [0.3, 0.4) is 0 Å². The van der Waals surface area contributed by atoms with E-state index in [0.717, 1.165) is 29.7 Å². The van der Waals surface area contributed by atoms with Crippen LogP contribution in [-0.4, -0.2) is 35.9 Å². The van der Waals surface area contributed by atoms with Crippen molar-refractivity contribution in [1.29, 1.82) is 0 Å². The van der Waals surface area contributed by atoms with Gasteiger partial charge in [-0.05, 0) is 54.8 Å². The number of carbonyl (C=O) groups is 2. The third-order valence-electron chi connectivity index (χ3n) is 6.10. The summed E-state index contributed by atoms with van der Waals surface area (Å²) in [6.07, 6.45) is 1.86. The highest BCUT2D eigenvalue weighted by Crippen LogP contribution is 2.43. The predicted molar refractivity (Wildman–Crippen MR) is 140 cm³/mol. The zero-order valence-electron chi connectivity index (χ0n) is 20.9. The normalized spacial score (nSPS) is 12.6. The van der Waals surface area contributed by atoms with Crippen molar-refractivity contribution < 1.29 is 23.8 Å². The van der Waals surface area contributed by atoms with Gasteiger partial charge in [0.05, 0.1) is 25.5 Å². The standard InChI is InChI=1S/C29H27N3O5/c1-18(33)37-29-26(19-11-13-22(14-12-19)30-28(34)20-9-10-20)27(31-32(29)23-7-5-4-6-8-23)21-15-24(35-2)17-25(16-21)36-3/h4-8,11-17,20H,9-10H2,1-3H3,(H,30,34). The van der Waals surface area contributed by atoms with E-state index in [1.165, 1.54) is 6.92 Å². The molecule has 1 heterocycles. The molecule has 5 rings (SSSR count). The van der Waals surface area contributed by atoms with Crippen molar-refractivity contribution in [2.45, 2.75) is 19.8 Å². The van der Waals surface area contributed by atoms with Gasteiger partial charge >= 0.3 is 5.97 Å². The minimum Gasteiger partial charge on any atom is -0.497 e. The summed E-state index contributed by atoms with van der Waals surface area (Å²) in [5.41, 5.74) is 4.12. The lowest BCUT2D eigenvalue weighted by atomic mass is 10.0. The van der Waals surface area contributed by atoms with Gasteiger partial charge in [-0.1, -0.05) is 30.3 Å². The van der Waals surface area contributed by atoms with Crippen LogP contribution in [-0.2, 0) is 9.59 Å². The number of nitrogens with zero attached hydrogens (tertiary/aromatic N) is 2. The van der Waals surface area contributed by atoms with Gasteiger partial charge < -0.3 is 19.5 Å². The molecule has 188 valence electrons. The van der Waals surface area contributed by atoms with E-state index in [1.807, 2.05) is 66.7 Å². The number of para-hydroxylation sites is 1. The van der Waals surface area contributed by atoms with Crippen LogP contribution in [0.1, 0.15) is 19.8 Å². The number of rotatable bonds is 8. The van der Waals surface area contributed by atoms with Crippen molar-refractivity contribution in [2.75, 3.05) is 19.5 Å². The number of aromatic nitrogens is 2. The van der Waals surface area contributed by atoms with E-state index < -0.39 is 5.97 Å². The molecule has 4 aromatic rings. The van der Waals surface area contributed by atoms with Gasteiger partial charge in [0.2, 0.25) is 11.8 Å². The summed E-state index contributed by atoms with van der Waals surface area (Å²) in [5.74, 6) is 1.15. The molecule has 1 aliphatic rings. The van der Waals surface area contributed by atoms with Crippen LogP contribution in [0.15, 0.2) is 72.8 Å². The van der Waals surface area contributed by atoms with Gasteiger partial charge in [-0.3, -0.25) is 9.59 Å². The van der Waals surface area contributed by atoms with E-state index in [1.54, 1.807) is 25.0 Å². The molecule has 3 aromatic carbocycles. The number of benzene rings is 3. The average Bonchev–Trinajstić information content (AvgIpc) is 3.71. The summed E-state index contributed by atoms with van der Waals surface area (Å²) in [6.45, 7) is 1.36. The minimum absolute atomic E-state index is 0.0365. The first-order chi connectivity index (χ1) is 18.0. The summed E-state index contributed by atoms with van der Waals surface area (Å²) >= 11 is 0. The number of carbonyl (C=O) groups excluding carboxylic acids is 2. The van der Waals surface area contributed by atoms with Gasteiger partial charge in [-0.2, -0.15) is 9.78 Å². The Labute approximate surface area is 214 Å². The molecule has 0 aliphatic heterocycles. The maximum atomic E-state index is 12.2. The second-order valence-corrected chi connectivity index (χ2v) is 8.81. The highest BCUT2D eigenvalue weighted by atomic mass is 16.5. The highest BCUT2D eigenvalue weighted by molar-refractivity contribution is 5.95. The van der Waals surface area contributed by atoms with Crippen LogP contribution in [0.5, 0.6) is 17.4 Å². The van der Waals surface area contributed by atoms with Gasteiger partial charge in [-0.25, -0.2) is 0 Å². The third-order valence-corrected chi connectivity index (χ3v) is 6.10. The first-order valence-corrected chi connectivity index (χ1v) is 12.0. The molecule has 8 nitrogen and oxygen atoms in total. The lowest BCUT2D eigenvalue weighted by Gasteiger charge is -2.11. The Kier molecular flexibility index (Phi) is 6.64. The maximum absolute atomic E-state index is 12.2. The number of ether oxygens (including phenoxy) is 3. The van der Waals surface area contributed by atoms with E-state index in [-0.39, 0.29) is 17.7 Å². The molecular formula is C29H27N3O5. The Morgan fingerprint density at radius 1 is 0.892 bits per heavy atom. The molecule has 1 aromatic heterocycles. The second-order valence-electron chi connectivity index (χ2n) is 8.81. The van der Waals surface area contributed by atoms with Crippen molar-refractivity contribution in [3.8, 4) is 45.5 Å². The van der Waals surface area contributed by atoms with Crippen LogP contribution in [0.2, 0.25) is 0 Å². The van der Waals surface area contributed by atoms with Crippen LogP contribution in [0.25, 0.3) is 28.1 Å². The van der Waals surface area contributed by atoms with Crippen molar-refractivity contribution in [3.05, 3.63) is 72.8 Å². The van der Waals surface area contributed by atoms with Gasteiger partial charge in [-0.15, -0.1) is 0 Å². The molecule has 0 radical (unpaired) electrons. The molecular weight excluding hydrogens is 470 g/mol. The van der Waals surface area contributed by atoms with Crippen LogP contribution >= 0.6 is 0 Å². The molecule has 1 fully saturated rings. The molecule has 0 saturated heterocycles. The van der Waals surface area contributed by atoms with Crippen LogP contribution in [0.4, 0.5) is 5.69 Å². The number of anilines is 1. The number of hydrogen-bond donors (Lipinski definition) is 1. The quantitative estimate of drug-likeness (QED) is 0.323. The van der Waals surface area contributed by atoms with Crippen LogP contribution < -0.4 is 19.5 Å². The second kappa shape index (κ2) is 10.2. The van der Waals surface area contributed by atoms with Crippen molar-refractivity contribution in [3.63, 3.8) is 0 Å². The highest BCUT2D eigenvalue weighted by Gasteiger charge is 2.30. The number of nitrogens with one attached hydrogen (secondary N) is 1. The molecule has 1 amide bonds. The zero-order valence-corrected chi connectivity index (χ0v) is 20.9. The van der Waals surface area contributed by atoms with Gasteiger partial charge in [0, 0.05) is 30.2 Å². The monoisotopic (exact) mass is 497 g/mol. The van der Waals surface area contributed by atoms with E-state index in [9.17, 15) is 9.59 Å². The smallest absolute Gasteiger partial charge is 0.309 e. The van der Waals surface area contributed by atoms with Gasteiger partial charge in [0.1, 0.15) is 17.2 Å². The van der Waals surface area contributed by atoms with Crippen molar-refractivity contribution >= 4 is 17.6 Å². The fourth-order valence-corrected chi connectivity index (χ4v) is 4.09. The van der Waals surface area contributed by atoms with Gasteiger partial charge in [0.25, 0.3) is 0 Å². The van der Waals surface area contributed by atoms with Gasteiger partial charge in [0.15, 0.2) is 0 Å². The molecule has 37 heavy (non-hydrogen) atoms. The van der Waals surface area contributed by atoms with E-state index in [4.69, 9.17) is 19.3 Å². The summed E-state index contributed by atoms with van der Waals surface area (Å²) in [7, 11) is 3.17. The molecule has 1 saturated carbocycles. The summed E-state index contributed by atoms with van der Waals surface area (Å²) in [4.78, 5) is 24.4. The number of amides is 1. The molecule has 1 N–H and O–H groups in total. The predicted octanol–water partition coefficient (Wildman–Crippen LogP) is 5.50. The molecule has 1 aliphatic carbocycles. The van der Waals surface area contributed by atoms with E-state index >= 15 is 0 Å². The fraction of sp³-hybridized carbons (Fsp3) is 0.207. The molecule has 0 atom stereocenters. The van der Waals surface area contributed by atoms with Crippen LogP contribution in [0, 0.1) is 5.92 Å². The Hall–Kier alpha value is -4.59. The largest absolute Gasteiger partial charge is 0.497 e. The number of hydrogen-bond acceptors (Lipinski definition) is 6. The minimum atomic E-state index is -0.471. The average molecular weight is 498 g/mol. The molecule has 0 unspecified atom stereocenters. The maximum Gasteiger partial charge on any atom is 0.309 e. The Morgan fingerprint density at radius 2 is 1.54 bits per heavy atom. The van der Waals surface area contributed by atoms with Crippen molar-refractivity contribution in [2.24, 2.45) is 5.92 Å². The number of methoxy groups -OCH3 is 2. The van der Waals surface area contributed by atoms with E-state index in [2.05, 4.69) is 5.32 Å². The lowest BCUT2D eigenvalue weighted by molar-refractivity contribution is -0.132. The first kappa shape index (κ1) is 24.1. The molecule has 8 heteroatoms. The summed E-state index contributed by atoms with van der Waals surface area (Å²) < 4.78 is 18.4. The zero-order chi connectivity index (χ0) is 25.9. The Morgan fingerprint density at radius 3 is 2.11 bits per heavy atom. The van der Waals surface area contributed by atoms with E-state index in [0.29, 0.717) is 28.4 Å². The van der Waals surface area contributed by atoms with Crippen molar-refractivity contribution in [1.82, 2.24) is 9.78 Å². The molecule has 0 bridgehead atoms. The molecule has 0 spiro atoms. The fourth-order valence-electron chi connectivity index (χ4n) is 4.09. The Bertz CT molecular complexity index is 1420. The SMILES string of the molecule is COc1cc(OC)cc(-c2nn(-c3ccccc3)c(OC(C)=O)c2-c2ccc(NC(=O)C3CC3)cc2)c1. The Balaban J connectivity index is 1.69. The topological polar surface area (TPSA) is 91.7 Å². The lowest BCUT2D eigenvalue weighted by Crippen LogP contribution is -2.13.